The first kappa shape index (κ1) is 32.8. The number of carboxylic acids is 1. The van der Waals surface area contributed by atoms with Crippen LogP contribution in [0.25, 0.3) is 0 Å². The number of benzene rings is 1. The van der Waals surface area contributed by atoms with Gasteiger partial charge in [0.05, 0.1) is 6.04 Å². The zero-order chi connectivity index (χ0) is 29.7. The van der Waals surface area contributed by atoms with Crippen molar-refractivity contribution in [2.75, 3.05) is 0 Å². The van der Waals surface area contributed by atoms with E-state index in [0.717, 1.165) is 0 Å². The minimum atomic E-state index is -1.33. The summed E-state index contributed by atoms with van der Waals surface area (Å²) in [5.74, 6) is -5.51. The van der Waals surface area contributed by atoms with E-state index >= 15 is 0 Å². The quantitative estimate of drug-likeness (QED) is 0.111. The Bertz CT molecular complexity index is 1030. The molecule has 1 aromatic rings. The van der Waals surface area contributed by atoms with Crippen LogP contribution in [0.3, 0.4) is 0 Å². The SMILES string of the molecule is CCC(C)C(NC(=O)C(Cc1ccc(O)cc1)NC(=O)C(CCC(N)=O)NC(=O)C(N)CCC(N)=O)C(=O)O. The second-order valence-electron chi connectivity index (χ2n) is 9.32. The van der Waals surface area contributed by atoms with Crippen LogP contribution < -0.4 is 33.2 Å². The van der Waals surface area contributed by atoms with E-state index in [4.69, 9.17) is 17.2 Å². The molecular weight excluding hydrogens is 512 g/mol. The fourth-order valence-corrected chi connectivity index (χ4v) is 3.55. The van der Waals surface area contributed by atoms with Gasteiger partial charge in [-0.05, 0) is 36.5 Å². The van der Waals surface area contributed by atoms with Crippen LogP contribution in [0.15, 0.2) is 24.3 Å². The Balaban J connectivity index is 3.19. The number of rotatable bonds is 17. The lowest BCUT2D eigenvalue weighted by atomic mass is 9.98. The van der Waals surface area contributed by atoms with Crippen LogP contribution in [0.5, 0.6) is 5.75 Å². The van der Waals surface area contributed by atoms with Gasteiger partial charge in [0, 0.05) is 19.3 Å². The van der Waals surface area contributed by atoms with Gasteiger partial charge < -0.3 is 43.4 Å². The highest BCUT2D eigenvalue weighted by molar-refractivity contribution is 5.94. The third-order valence-corrected chi connectivity index (χ3v) is 6.14. The van der Waals surface area contributed by atoms with Gasteiger partial charge in [-0.3, -0.25) is 24.0 Å². The van der Waals surface area contributed by atoms with Crippen molar-refractivity contribution >= 4 is 35.5 Å². The van der Waals surface area contributed by atoms with E-state index in [0.29, 0.717) is 12.0 Å². The monoisotopic (exact) mass is 550 g/mol. The summed E-state index contributed by atoms with van der Waals surface area (Å²) < 4.78 is 0. The Kier molecular flexibility index (Phi) is 13.4. The normalized spacial score (nSPS) is 14.6. The van der Waals surface area contributed by atoms with Crippen molar-refractivity contribution in [1.29, 1.82) is 0 Å². The van der Waals surface area contributed by atoms with Crippen molar-refractivity contribution in [3.05, 3.63) is 29.8 Å². The number of aliphatic carboxylic acids is 1. The Morgan fingerprint density at radius 3 is 1.85 bits per heavy atom. The third-order valence-electron chi connectivity index (χ3n) is 6.14. The average molecular weight is 551 g/mol. The first-order valence-electron chi connectivity index (χ1n) is 12.5. The van der Waals surface area contributed by atoms with Gasteiger partial charge in [0.2, 0.25) is 29.5 Å². The largest absolute Gasteiger partial charge is 0.508 e. The standard InChI is InChI=1S/C25H38N6O8/c1-3-13(2)21(25(38)39)31-24(37)18(12-14-4-6-15(32)7-5-14)30-23(36)17(9-11-20(28)34)29-22(35)16(26)8-10-19(27)33/h4-7,13,16-18,21,32H,3,8-12,26H2,1-2H3,(H2,27,33)(H2,28,34)(H,29,35)(H,30,36)(H,31,37)(H,38,39). The van der Waals surface area contributed by atoms with Crippen LogP contribution in [0, 0.1) is 5.92 Å². The lowest BCUT2D eigenvalue weighted by molar-refractivity contribution is -0.143. The summed E-state index contributed by atoms with van der Waals surface area (Å²) in [4.78, 5) is 73.1. The number of nitrogens with two attached hydrogens (primary N) is 3. The molecule has 0 saturated heterocycles. The molecule has 0 spiro atoms. The van der Waals surface area contributed by atoms with E-state index in [1.54, 1.807) is 13.8 Å². The topological polar surface area (TPSA) is 257 Å². The molecule has 0 aliphatic carbocycles. The van der Waals surface area contributed by atoms with E-state index in [2.05, 4.69) is 16.0 Å². The van der Waals surface area contributed by atoms with E-state index in [1.165, 1.54) is 24.3 Å². The van der Waals surface area contributed by atoms with E-state index < -0.39 is 65.6 Å². The molecule has 14 nitrogen and oxygen atoms in total. The van der Waals surface area contributed by atoms with Gasteiger partial charge in [0.15, 0.2) is 0 Å². The molecule has 5 unspecified atom stereocenters. The summed E-state index contributed by atoms with van der Waals surface area (Å²) in [7, 11) is 0. The molecule has 5 atom stereocenters. The van der Waals surface area contributed by atoms with Crippen molar-refractivity contribution in [1.82, 2.24) is 16.0 Å². The van der Waals surface area contributed by atoms with Gasteiger partial charge in [-0.2, -0.15) is 0 Å². The number of amides is 5. The van der Waals surface area contributed by atoms with Gasteiger partial charge in [0.25, 0.3) is 0 Å². The van der Waals surface area contributed by atoms with Gasteiger partial charge in [-0.1, -0.05) is 32.4 Å². The molecule has 14 heteroatoms. The first-order chi connectivity index (χ1) is 18.2. The van der Waals surface area contributed by atoms with Gasteiger partial charge >= 0.3 is 5.97 Å². The summed E-state index contributed by atoms with van der Waals surface area (Å²) >= 11 is 0. The predicted molar refractivity (Wildman–Crippen MR) is 140 cm³/mol. The molecule has 11 N–H and O–H groups in total. The highest BCUT2D eigenvalue weighted by Crippen LogP contribution is 2.13. The Morgan fingerprint density at radius 1 is 0.821 bits per heavy atom. The molecule has 0 aliphatic rings. The average Bonchev–Trinajstić information content (AvgIpc) is 2.87. The molecule has 1 aromatic carbocycles. The Hall–Kier alpha value is -4.20. The minimum Gasteiger partial charge on any atom is -0.508 e. The number of aromatic hydroxyl groups is 1. The Morgan fingerprint density at radius 2 is 1.33 bits per heavy atom. The van der Waals surface area contributed by atoms with Crippen LogP contribution in [0.1, 0.15) is 51.5 Å². The molecule has 0 aliphatic heterocycles. The maximum absolute atomic E-state index is 13.2. The van der Waals surface area contributed by atoms with E-state index in [9.17, 15) is 39.0 Å². The summed E-state index contributed by atoms with van der Waals surface area (Å²) in [5, 5.41) is 26.5. The molecule has 0 heterocycles. The van der Waals surface area contributed by atoms with Crippen LogP contribution in [0.2, 0.25) is 0 Å². The Labute approximate surface area is 226 Å². The molecule has 1 rings (SSSR count). The van der Waals surface area contributed by atoms with Crippen molar-refractivity contribution in [3.63, 3.8) is 0 Å². The number of carbonyl (C=O) groups excluding carboxylic acids is 5. The molecule has 0 aromatic heterocycles. The third kappa shape index (κ3) is 11.8. The molecule has 0 fully saturated rings. The summed E-state index contributed by atoms with van der Waals surface area (Å²) in [6.45, 7) is 3.42. The van der Waals surface area contributed by atoms with Crippen molar-refractivity contribution in [3.8, 4) is 5.75 Å². The number of carboxylic acid groups (broad SMARTS) is 1. The lowest BCUT2D eigenvalue weighted by Crippen LogP contribution is -2.58. The molecule has 39 heavy (non-hydrogen) atoms. The smallest absolute Gasteiger partial charge is 0.326 e. The number of nitrogens with one attached hydrogen (secondary N) is 3. The number of phenols is 1. The van der Waals surface area contributed by atoms with Crippen LogP contribution in [0.4, 0.5) is 0 Å². The zero-order valence-corrected chi connectivity index (χ0v) is 22.0. The summed E-state index contributed by atoms with van der Waals surface area (Å²) in [6, 6.07) is 0.794. The molecular formula is C25H38N6O8. The number of hydrogen-bond donors (Lipinski definition) is 8. The highest BCUT2D eigenvalue weighted by Gasteiger charge is 2.32. The molecule has 0 bridgehead atoms. The zero-order valence-electron chi connectivity index (χ0n) is 22.0. The van der Waals surface area contributed by atoms with Gasteiger partial charge in [-0.25, -0.2) is 4.79 Å². The maximum Gasteiger partial charge on any atom is 0.326 e. The number of carbonyl (C=O) groups is 6. The first-order valence-corrected chi connectivity index (χ1v) is 12.5. The van der Waals surface area contributed by atoms with Crippen LogP contribution in [-0.4, -0.2) is 69.9 Å². The molecule has 0 radical (unpaired) electrons. The number of hydrogen-bond acceptors (Lipinski definition) is 8. The van der Waals surface area contributed by atoms with Crippen LogP contribution >= 0.6 is 0 Å². The second-order valence-corrected chi connectivity index (χ2v) is 9.32. The van der Waals surface area contributed by atoms with Crippen molar-refractivity contribution in [2.45, 2.75) is 76.5 Å². The fraction of sp³-hybridized carbons (Fsp3) is 0.520. The molecule has 0 saturated carbocycles. The predicted octanol–water partition coefficient (Wildman–Crippen LogP) is -1.62. The summed E-state index contributed by atoms with van der Waals surface area (Å²) in [5.41, 5.74) is 16.6. The minimum absolute atomic E-state index is 0.0200. The number of primary amides is 2. The summed E-state index contributed by atoms with van der Waals surface area (Å²) in [6.07, 6.45) is -0.360. The van der Waals surface area contributed by atoms with Crippen molar-refractivity contribution < 1.29 is 39.0 Å². The molecule has 5 amide bonds. The number of phenolic OH excluding ortho intramolecular Hbond substituents is 1. The van der Waals surface area contributed by atoms with Crippen LogP contribution in [-0.2, 0) is 35.2 Å². The van der Waals surface area contributed by atoms with E-state index in [1.807, 2.05) is 0 Å². The maximum atomic E-state index is 13.2. The molecule has 216 valence electrons. The van der Waals surface area contributed by atoms with Crippen molar-refractivity contribution in [2.24, 2.45) is 23.1 Å². The fourth-order valence-electron chi connectivity index (χ4n) is 3.55. The lowest BCUT2D eigenvalue weighted by Gasteiger charge is -2.26. The highest BCUT2D eigenvalue weighted by atomic mass is 16.4. The van der Waals surface area contributed by atoms with E-state index in [-0.39, 0.29) is 37.9 Å². The van der Waals surface area contributed by atoms with Gasteiger partial charge in [-0.15, -0.1) is 0 Å². The second kappa shape index (κ2) is 15.9. The van der Waals surface area contributed by atoms with Gasteiger partial charge in [0.1, 0.15) is 23.9 Å².